The van der Waals surface area contributed by atoms with Crippen LogP contribution in [0.25, 0.3) is 0 Å². The summed E-state index contributed by atoms with van der Waals surface area (Å²) in [6, 6.07) is 7.86. The second-order valence-electron chi connectivity index (χ2n) is 4.50. The minimum atomic E-state index is 0.476. The van der Waals surface area contributed by atoms with Gasteiger partial charge in [-0.15, -0.1) is 0 Å². The Kier molecular flexibility index (Phi) is 9.01. The van der Waals surface area contributed by atoms with E-state index in [1.54, 1.807) is 0 Å². The van der Waals surface area contributed by atoms with Gasteiger partial charge in [-0.2, -0.15) is 11.8 Å². The molecule has 0 radical (unpaired) electrons. The Labute approximate surface area is 139 Å². The number of rotatable bonds is 9. The SMILES string of the molecule is C=C(C)CN=C(N)NCCSCCOc1cccc(Br)c1. The minimum Gasteiger partial charge on any atom is -0.493 e. The number of thioether (sulfide) groups is 1. The summed E-state index contributed by atoms with van der Waals surface area (Å²) in [4.78, 5) is 4.15. The Balaban J connectivity index is 2.02. The zero-order valence-electron chi connectivity index (χ0n) is 12.3. The van der Waals surface area contributed by atoms with E-state index >= 15 is 0 Å². The molecular weight excluding hydrogens is 350 g/mol. The average molecular weight is 372 g/mol. The molecule has 21 heavy (non-hydrogen) atoms. The molecular formula is C15H22BrN3OS. The third-order valence-corrected chi connectivity index (χ3v) is 3.81. The van der Waals surface area contributed by atoms with Crippen LogP contribution in [0.2, 0.25) is 0 Å². The van der Waals surface area contributed by atoms with Gasteiger partial charge in [0, 0.05) is 22.5 Å². The highest BCUT2D eigenvalue weighted by Gasteiger charge is 1.96. The van der Waals surface area contributed by atoms with Gasteiger partial charge in [-0.05, 0) is 25.1 Å². The lowest BCUT2D eigenvalue weighted by atomic mass is 10.3. The number of nitrogens with one attached hydrogen (secondary N) is 1. The molecule has 4 nitrogen and oxygen atoms in total. The van der Waals surface area contributed by atoms with Crippen molar-refractivity contribution >= 4 is 33.7 Å². The van der Waals surface area contributed by atoms with Crippen LogP contribution in [0, 0.1) is 0 Å². The summed E-state index contributed by atoms with van der Waals surface area (Å²) in [7, 11) is 0. The fourth-order valence-corrected chi connectivity index (χ4v) is 2.43. The maximum Gasteiger partial charge on any atom is 0.188 e. The van der Waals surface area contributed by atoms with Crippen LogP contribution in [0.15, 0.2) is 45.9 Å². The molecule has 0 atom stereocenters. The fourth-order valence-electron chi connectivity index (χ4n) is 1.40. The average Bonchev–Trinajstić information content (AvgIpc) is 2.44. The molecule has 3 N–H and O–H groups in total. The van der Waals surface area contributed by atoms with Crippen LogP contribution in [0.4, 0.5) is 0 Å². The van der Waals surface area contributed by atoms with Gasteiger partial charge in [-0.3, -0.25) is 0 Å². The summed E-state index contributed by atoms with van der Waals surface area (Å²) in [5, 5.41) is 3.07. The first-order valence-electron chi connectivity index (χ1n) is 6.72. The zero-order valence-corrected chi connectivity index (χ0v) is 14.7. The summed E-state index contributed by atoms with van der Waals surface area (Å²) in [6.45, 7) is 7.77. The number of hydrogen-bond donors (Lipinski definition) is 2. The molecule has 0 spiro atoms. The topological polar surface area (TPSA) is 59.6 Å². The highest BCUT2D eigenvalue weighted by molar-refractivity contribution is 9.10. The number of halogens is 1. The van der Waals surface area contributed by atoms with Crippen LogP contribution in [0.5, 0.6) is 5.75 Å². The van der Waals surface area contributed by atoms with Gasteiger partial charge in [0.15, 0.2) is 5.96 Å². The number of ether oxygens (including phenoxy) is 1. The molecule has 0 amide bonds. The van der Waals surface area contributed by atoms with Crippen LogP contribution in [0.3, 0.4) is 0 Å². The van der Waals surface area contributed by atoms with Crippen molar-refractivity contribution in [2.24, 2.45) is 10.7 Å². The maximum absolute atomic E-state index is 5.71. The lowest BCUT2D eigenvalue weighted by Crippen LogP contribution is -2.33. The van der Waals surface area contributed by atoms with E-state index in [9.17, 15) is 0 Å². The van der Waals surface area contributed by atoms with Crippen molar-refractivity contribution < 1.29 is 4.74 Å². The van der Waals surface area contributed by atoms with Gasteiger partial charge in [0.1, 0.15) is 5.75 Å². The van der Waals surface area contributed by atoms with Gasteiger partial charge in [-0.1, -0.05) is 34.1 Å². The van der Waals surface area contributed by atoms with Crippen LogP contribution in [-0.2, 0) is 0 Å². The largest absolute Gasteiger partial charge is 0.493 e. The lowest BCUT2D eigenvalue weighted by molar-refractivity contribution is 0.344. The quantitative estimate of drug-likeness (QED) is 0.303. The molecule has 0 aliphatic rings. The standard InChI is InChI=1S/C15H22BrN3OS/c1-12(2)11-19-15(17)18-6-8-21-9-7-20-14-5-3-4-13(16)10-14/h3-5,10H,1,6-9,11H2,2H3,(H3,17,18,19). The first-order chi connectivity index (χ1) is 10.1. The molecule has 0 bridgehead atoms. The van der Waals surface area contributed by atoms with E-state index in [1.807, 2.05) is 43.0 Å². The normalized spacial score (nSPS) is 11.2. The van der Waals surface area contributed by atoms with Crippen molar-refractivity contribution in [3.8, 4) is 5.75 Å². The molecule has 0 aliphatic carbocycles. The highest BCUT2D eigenvalue weighted by Crippen LogP contribution is 2.17. The van der Waals surface area contributed by atoms with Crippen molar-refractivity contribution in [2.75, 3.05) is 31.2 Å². The molecule has 0 fully saturated rings. The van der Waals surface area contributed by atoms with E-state index < -0.39 is 0 Å². The lowest BCUT2D eigenvalue weighted by Gasteiger charge is -2.07. The zero-order chi connectivity index (χ0) is 15.5. The van der Waals surface area contributed by atoms with E-state index in [-0.39, 0.29) is 0 Å². The maximum atomic E-state index is 5.71. The van der Waals surface area contributed by atoms with Gasteiger partial charge >= 0.3 is 0 Å². The number of guanidine groups is 1. The first kappa shape index (κ1) is 17.9. The second kappa shape index (κ2) is 10.6. The molecule has 0 aromatic heterocycles. The molecule has 1 aromatic rings. The van der Waals surface area contributed by atoms with E-state index in [4.69, 9.17) is 10.5 Å². The second-order valence-corrected chi connectivity index (χ2v) is 6.64. The van der Waals surface area contributed by atoms with Gasteiger partial charge in [0.2, 0.25) is 0 Å². The number of aliphatic imine (C=N–C) groups is 1. The number of benzene rings is 1. The Hall–Kier alpha value is -1.14. The number of nitrogens with zero attached hydrogens (tertiary/aromatic N) is 1. The Bertz CT molecular complexity index is 480. The third-order valence-electron chi connectivity index (χ3n) is 2.36. The minimum absolute atomic E-state index is 0.476. The highest BCUT2D eigenvalue weighted by atomic mass is 79.9. The van der Waals surface area contributed by atoms with Crippen molar-refractivity contribution in [1.29, 1.82) is 0 Å². The predicted molar refractivity (Wildman–Crippen MR) is 96.3 cm³/mol. The van der Waals surface area contributed by atoms with Crippen molar-refractivity contribution in [3.05, 3.63) is 40.9 Å². The fraction of sp³-hybridized carbons (Fsp3) is 0.400. The smallest absolute Gasteiger partial charge is 0.188 e. The van der Waals surface area contributed by atoms with Gasteiger partial charge < -0.3 is 15.8 Å². The molecule has 1 aromatic carbocycles. The molecule has 1 rings (SSSR count). The summed E-state index contributed by atoms with van der Waals surface area (Å²) >= 11 is 5.23. The molecule has 0 unspecified atom stereocenters. The first-order valence-corrected chi connectivity index (χ1v) is 8.67. The van der Waals surface area contributed by atoms with Gasteiger partial charge in [0.25, 0.3) is 0 Å². The summed E-state index contributed by atoms with van der Waals surface area (Å²) in [6.07, 6.45) is 0. The molecule has 6 heteroatoms. The van der Waals surface area contributed by atoms with Crippen LogP contribution >= 0.6 is 27.7 Å². The van der Waals surface area contributed by atoms with Crippen LogP contribution < -0.4 is 15.8 Å². The van der Waals surface area contributed by atoms with Gasteiger partial charge in [-0.25, -0.2) is 4.99 Å². The molecule has 0 aliphatic heterocycles. The Morgan fingerprint density at radius 2 is 2.29 bits per heavy atom. The third kappa shape index (κ3) is 9.42. The molecule has 116 valence electrons. The van der Waals surface area contributed by atoms with Crippen LogP contribution in [-0.4, -0.2) is 37.2 Å². The predicted octanol–water partition coefficient (Wildman–Crippen LogP) is 3.04. The van der Waals surface area contributed by atoms with E-state index in [0.29, 0.717) is 19.1 Å². The van der Waals surface area contributed by atoms with Crippen molar-refractivity contribution in [2.45, 2.75) is 6.92 Å². The van der Waals surface area contributed by atoms with Crippen LogP contribution in [0.1, 0.15) is 6.92 Å². The molecule has 0 heterocycles. The molecule has 0 saturated carbocycles. The van der Waals surface area contributed by atoms with Crippen molar-refractivity contribution in [1.82, 2.24) is 5.32 Å². The van der Waals surface area contributed by atoms with Crippen molar-refractivity contribution in [3.63, 3.8) is 0 Å². The van der Waals surface area contributed by atoms with E-state index in [1.165, 1.54) is 0 Å². The van der Waals surface area contributed by atoms with Gasteiger partial charge in [0.05, 0.1) is 13.2 Å². The number of nitrogens with two attached hydrogens (primary N) is 1. The summed E-state index contributed by atoms with van der Waals surface area (Å²) in [5.74, 6) is 3.27. The Morgan fingerprint density at radius 3 is 3.00 bits per heavy atom. The number of hydrogen-bond acceptors (Lipinski definition) is 3. The Morgan fingerprint density at radius 1 is 1.48 bits per heavy atom. The summed E-state index contributed by atoms with van der Waals surface area (Å²) in [5.41, 5.74) is 6.71. The molecule has 0 saturated heterocycles. The monoisotopic (exact) mass is 371 g/mol. The van der Waals surface area contributed by atoms with E-state index in [0.717, 1.165) is 33.8 Å². The summed E-state index contributed by atoms with van der Waals surface area (Å²) < 4.78 is 6.68. The van der Waals surface area contributed by atoms with E-state index in [2.05, 4.69) is 32.8 Å².